The molecule has 3 aromatic rings. The van der Waals surface area contributed by atoms with E-state index in [1.54, 1.807) is 0 Å². The smallest absolute Gasteiger partial charge is 0.365 e. The molecule has 3 rings (SSSR count). The highest BCUT2D eigenvalue weighted by atomic mass is 19.4. The Morgan fingerprint density at radius 3 is 2.62 bits per heavy atom. The summed E-state index contributed by atoms with van der Waals surface area (Å²) >= 11 is 0. The van der Waals surface area contributed by atoms with Gasteiger partial charge in [-0.2, -0.15) is 23.3 Å². The van der Waals surface area contributed by atoms with E-state index in [1.165, 1.54) is 24.4 Å². The average molecular weight is 359 g/mol. The van der Waals surface area contributed by atoms with E-state index in [0.717, 1.165) is 17.2 Å². The zero-order valence-electron chi connectivity index (χ0n) is 13.9. The number of hydrogen-bond acceptors (Lipinski definition) is 5. The fourth-order valence-electron chi connectivity index (χ4n) is 2.42. The lowest BCUT2D eigenvalue weighted by molar-refractivity contribution is -0.136. The normalized spacial score (nSPS) is 11.2. The molecule has 0 amide bonds. The molecular weight excluding hydrogens is 343 g/mol. The molecule has 1 aromatic heterocycles. The van der Waals surface area contributed by atoms with Crippen molar-refractivity contribution >= 4 is 17.5 Å². The first-order chi connectivity index (χ1) is 12.4. The third-order valence-corrected chi connectivity index (χ3v) is 3.59. The minimum Gasteiger partial charge on any atom is -0.365 e. The van der Waals surface area contributed by atoms with E-state index in [2.05, 4.69) is 25.8 Å². The standard InChI is InChI=1S/C18H16F3N5/c1-12-5-4-6-13(9-12)10-22-16-11-23-26-17(25-16)24-15-8-3-2-7-14(15)18(19,20)21/h2-9,11H,10H2,1H3,(H2,22,24,25,26). The van der Waals surface area contributed by atoms with Crippen molar-refractivity contribution in [2.24, 2.45) is 0 Å². The molecule has 0 atom stereocenters. The number of para-hydroxylation sites is 1. The zero-order valence-corrected chi connectivity index (χ0v) is 13.9. The highest BCUT2D eigenvalue weighted by molar-refractivity contribution is 5.59. The molecule has 0 bridgehead atoms. The summed E-state index contributed by atoms with van der Waals surface area (Å²) in [7, 11) is 0. The lowest BCUT2D eigenvalue weighted by Crippen LogP contribution is -2.10. The van der Waals surface area contributed by atoms with Gasteiger partial charge in [-0.05, 0) is 24.6 Å². The predicted molar refractivity (Wildman–Crippen MR) is 93.1 cm³/mol. The van der Waals surface area contributed by atoms with Crippen LogP contribution in [0.3, 0.4) is 0 Å². The van der Waals surface area contributed by atoms with Crippen LogP contribution in [-0.4, -0.2) is 15.2 Å². The number of aryl methyl sites for hydroxylation is 1. The highest BCUT2D eigenvalue weighted by Gasteiger charge is 2.33. The monoisotopic (exact) mass is 359 g/mol. The van der Waals surface area contributed by atoms with Crippen LogP contribution >= 0.6 is 0 Å². The van der Waals surface area contributed by atoms with Gasteiger partial charge in [0.15, 0.2) is 5.82 Å². The Kier molecular flexibility index (Phi) is 5.01. The van der Waals surface area contributed by atoms with E-state index < -0.39 is 11.7 Å². The summed E-state index contributed by atoms with van der Waals surface area (Å²) in [4.78, 5) is 4.17. The molecule has 2 aromatic carbocycles. The third kappa shape index (κ3) is 4.47. The molecule has 26 heavy (non-hydrogen) atoms. The van der Waals surface area contributed by atoms with Gasteiger partial charge in [0.2, 0.25) is 5.95 Å². The number of halogens is 3. The van der Waals surface area contributed by atoms with Crippen molar-refractivity contribution in [2.45, 2.75) is 19.6 Å². The minimum atomic E-state index is -4.47. The lowest BCUT2D eigenvalue weighted by atomic mass is 10.1. The zero-order chi connectivity index (χ0) is 18.6. The van der Waals surface area contributed by atoms with Gasteiger partial charge in [0, 0.05) is 6.54 Å². The predicted octanol–water partition coefficient (Wildman–Crippen LogP) is 4.55. The Balaban J connectivity index is 1.74. The molecule has 0 saturated heterocycles. The van der Waals surface area contributed by atoms with Gasteiger partial charge in [0.25, 0.3) is 0 Å². The van der Waals surface area contributed by atoms with Gasteiger partial charge >= 0.3 is 6.18 Å². The molecular formula is C18H16F3N5. The number of benzene rings is 2. The summed E-state index contributed by atoms with van der Waals surface area (Å²) in [6, 6.07) is 13.1. The number of rotatable bonds is 5. The summed E-state index contributed by atoms with van der Waals surface area (Å²) in [6.45, 7) is 2.51. The van der Waals surface area contributed by atoms with Crippen LogP contribution in [0.2, 0.25) is 0 Å². The second-order valence-corrected chi connectivity index (χ2v) is 5.68. The molecule has 5 nitrogen and oxygen atoms in total. The maximum Gasteiger partial charge on any atom is 0.418 e. The molecule has 8 heteroatoms. The fourth-order valence-corrected chi connectivity index (χ4v) is 2.42. The fraction of sp³-hybridized carbons (Fsp3) is 0.167. The van der Waals surface area contributed by atoms with Crippen LogP contribution in [0.15, 0.2) is 54.7 Å². The topological polar surface area (TPSA) is 62.7 Å². The summed E-state index contributed by atoms with van der Waals surface area (Å²) in [5.41, 5.74) is 1.27. The van der Waals surface area contributed by atoms with Crippen LogP contribution in [0.4, 0.5) is 30.6 Å². The maximum atomic E-state index is 13.1. The van der Waals surface area contributed by atoms with E-state index in [0.29, 0.717) is 12.4 Å². The second kappa shape index (κ2) is 7.38. The van der Waals surface area contributed by atoms with Crippen molar-refractivity contribution < 1.29 is 13.2 Å². The number of nitrogens with one attached hydrogen (secondary N) is 2. The quantitative estimate of drug-likeness (QED) is 0.699. The van der Waals surface area contributed by atoms with Gasteiger partial charge in [-0.25, -0.2) is 0 Å². The molecule has 0 spiro atoms. The van der Waals surface area contributed by atoms with E-state index in [-0.39, 0.29) is 11.6 Å². The molecule has 0 radical (unpaired) electrons. The molecule has 0 unspecified atom stereocenters. The van der Waals surface area contributed by atoms with Gasteiger partial charge in [-0.3, -0.25) is 0 Å². The molecule has 2 N–H and O–H groups in total. The number of alkyl halides is 3. The maximum absolute atomic E-state index is 13.1. The average Bonchev–Trinajstić information content (AvgIpc) is 2.60. The van der Waals surface area contributed by atoms with Crippen molar-refractivity contribution in [1.82, 2.24) is 15.2 Å². The third-order valence-electron chi connectivity index (χ3n) is 3.59. The molecule has 0 saturated carbocycles. The Morgan fingerprint density at radius 1 is 1.04 bits per heavy atom. The number of nitrogens with zero attached hydrogens (tertiary/aromatic N) is 3. The molecule has 0 aliphatic rings. The van der Waals surface area contributed by atoms with Gasteiger partial charge in [-0.1, -0.05) is 42.0 Å². The van der Waals surface area contributed by atoms with E-state index in [9.17, 15) is 13.2 Å². The summed E-state index contributed by atoms with van der Waals surface area (Å²) in [5.74, 6) is 0.393. The summed E-state index contributed by atoms with van der Waals surface area (Å²) in [5, 5.41) is 13.2. The van der Waals surface area contributed by atoms with Crippen molar-refractivity contribution in [1.29, 1.82) is 0 Å². The Bertz CT molecular complexity index is 896. The highest BCUT2D eigenvalue weighted by Crippen LogP contribution is 2.35. The van der Waals surface area contributed by atoms with Crippen molar-refractivity contribution in [3.05, 3.63) is 71.4 Å². The summed E-state index contributed by atoms with van der Waals surface area (Å²) < 4.78 is 39.2. The first-order valence-electron chi connectivity index (χ1n) is 7.84. The lowest BCUT2D eigenvalue weighted by Gasteiger charge is -2.13. The molecule has 0 aliphatic heterocycles. The molecule has 134 valence electrons. The van der Waals surface area contributed by atoms with Crippen molar-refractivity contribution in [3.63, 3.8) is 0 Å². The minimum absolute atomic E-state index is 0.0176. The first kappa shape index (κ1) is 17.7. The van der Waals surface area contributed by atoms with Gasteiger partial charge in [0.1, 0.15) is 0 Å². The van der Waals surface area contributed by atoms with Crippen LogP contribution in [0.25, 0.3) is 0 Å². The van der Waals surface area contributed by atoms with Crippen molar-refractivity contribution in [2.75, 3.05) is 10.6 Å². The Labute approximate surface area is 148 Å². The Hall–Kier alpha value is -3.16. The van der Waals surface area contributed by atoms with Crippen LogP contribution < -0.4 is 10.6 Å². The summed E-state index contributed by atoms with van der Waals surface area (Å²) in [6.07, 6.45) is -3.06. The van der Waals surface area contributed by atoms with Crippen LogP contribution in [0.1, 0.15) is 16.7 Å². The second-order valence-electron chi connectivity index (χ2n) is 5.68. The molecule has 0 aliphatic carbocycles. The van der Waals surface area contributed by atoms with Crippen molar-refractivity contribution in [3.8, 4) is 0 Å². The number of aromatic nitrogens is 3. The van der Waals surface area contributed by atoms with Gasteiger partial charge in [0.05, 0.1) is 17.4 Å². The van der Waals surface area contributed by atoms with Crippen LogP contribution in [-0.2, 0) is 12.7 Å². The Morgan fingerprint density at radius 2 is 1.85 bits per heavy atom. The largest absolute Gasteiger partial charge is 0.418 e. The van der Waals surface area contributed by atoms with Gasteiger partial charge < -0.3 is 10.6 Å². The molecule has 1 heterocycles. The van der Waals surface area contributed by atoms with Crippen LogP contribution in [0.5, 0.6) is 0 Å². The van der Waals surface area contributed by atoms with Gasteiger partial charge in [-0.15, -0.1) is 5.10 Å². The number of anilines is 3. The molecule has 0 fully saturated rings. The van der Waals surface area contributed by atoms with E-state index in [4.69, 9.17) is 0 Å². The van der Waals surface area contributed by atoms with E-state index in [1.807, 2.05) is 31.2 Å². The van der Waals surface area contributed by atoms with E-state index >= 15 is 0 Å². The van der Waals surface area contributed by atoms with Crippen LogP contribution in [0, 0.1) is 6.92 Å². The first-order valence-corrected chi connectivity index (χ1v) is 7.84. The number of hydrogen-bond donors (Lipinski definition) is 2. The SMILES string of the molecule is Cc1cccc(CNc2cnnc(Nc3ccccc3C(F)(F)F)n2)c1.